The van der Waals surface area contributed by atoms with Crippen molar-refractivity contribution < 1.29 is 4.74 Å². The van der Waals surface area contributed by atoms with Crippen LogP contribution in [0.3, 0.4) is 0 Å². The van der Waals surface area contributed by atoms with Crippen LogP contribution in [0.15, 0.2) is 39.3 Å². The number of fused-ring (bicyclic) bond motifs is 1. The topological polar surface area (TPSA) is 53.1 Å². The number of halogens is 2. The van der Waals surface area contributed by atoms with Crippen LogP contribution in [0, 0.1) is 6.92 Å². The molecular weight excluding hydrogens is 398 g/mol. The van der Waals surface area contributed by atoms with Crippen LogP contribution in [0.5, 0.6) is 5.75 Å². The fourth-order valence-electron chi connectivity index (χ4n) is 2.30. The second-order valence-electron chi connectivity index (χ2n) is 4.74. The van der Waals surface area contributed by atoms with Crippen molar-refractivity contribution in [2.24, 2.45) is 0 Å². The molecule has 0 amide bonds. The van der Waals surface area contributed by atoms with Gasteiger partial charge in [0.1, 0.15) is 5.75 Å². The molecule has 1 aromatic heterocycles. The molecule has 2 aromatic carbocycles. The van der Waals surface area contributed by atoms with Crippen LogP contribution in [0.25, 0.3) is 16.7 Å². The van der Waals surface area contributed by atoms with Gasteiger partial charge in [0.25, 0.3) is 0 Å². The third-order valence-electron chi connectivity index (χ3n) is 3.30. The maximum atomic E-state index is 6.11. The number of nitrogens with two attached hydrogens (primary N) is 1. The van der Waals surface area contributed by atoms with Gasteiger partial charge in [-0.2, -0.15) is 0 Å². The van der Waals surface area contributed by atoms with Crippen LogP contribution in [0.4, 0.5) is 5.95 Å². The van der Waals surface area contributed by atoms with E-state index in [9.17, 15) is 0 Å². The largest absolute Gasteiger partial charge is 0.495 e. The molecule has 0 aliphatic rings. The van der Waals surface area contributed by atoms with E-state index in [4.69, 9.17) is 10.5 Å². The Hall–Kier alpha value is -1.53. The first-order valence-corrected chi connectivity index (χ1v) is 7.88. The van der Waals surface area contributed by atoms with E-state index in [1.165, 1.54) is 0 Å². The Morgan fingerprint density at radius 3 is 2.62 bits per heavy atom. The summed E-state index contributed by atoms with van der Waals surface area (Å²) in [7, 11) is 1.64. The highest BCUT2D eigenvalue weighted by atomic mass is 79.9. The molecule has 0 radical (unpaired) electrons. The quantitative estimate of drug-likeness (QED) is 0.678. The number of nitrogen functional groups attached to an aromatic ring is 1. The molecule has 0 unspecified atom stereocenters. The Morgan fingerprint density at radius 1 is 1.14 bits per heavy atom. The second kappa shape index (κ2) is 5.35. The van der Waals surface area contributed by atoms with Gasteiger partial charge in [0.05, 0.1) is 28.3 Å². The number of aromatic nitrogens is 2. The lowest BCUT2D eigenvalue weighted by molar-refractivity contribution is 0.412. The molecule has 3 rings (SSSR count). The molecule has 0 saturated carbocycles. The van der Waals surface area contributed by atoms with Gasteiger partial charge >= 0.3 is 0 Å². The summed E-state index contributed by atoms with van der Waals surface area (Å²) in [5.41, 5.74) is 10.00. The van der Waals surface area contributed by atoms with Crippen molar-refractivity contribution in [3.63, 3.8) is 0 Å². The predicted octanol–water partition coefficient (Wildman–Crippen LogP) is 4.45. The molecule has 0 fully saturated rings. The number of ether oxygens (including phenoxy) is 1. The van der Waals surface area contributed by atoms with Crippen molar-refractivity contribution in [1.82, 2.24) is 9.55 Å². The number of methoxy groups -OCH3 is 1. The van der Waals surface area contributed by atoms with E-state index in [1.54, 1.807) is 7.11 Å². The molecule has 3 aromatic rings. The van der Waals surface area contributed by atoms with E-state index in [-0.39, 0.29) is 0 Å². The van der Waals surface area contributed by atoms with Crippen LogP contribution in [-0.4, -0.2) is 16.7 Å². The van der Waals surface area contributed by atoms with Crippen LogP contribution >= 0.6 is 31.9 Å². The fourth-order valence-corrected chi connectivity index (χ4v) is 3.64. The number of hydrogen-bond donors (Lipinski definition) is 1. The van der Waals surface area contributed by atoms with Gasteiger partial charge in [-0.3, -0.25) is 4.57 Å². The molecule has 2 N–H and O–H groups in total. The summed E-state index contributed by atoms with van der Waals surface area (Å²) < 4.78 is 9.07. The van der Waals surface area contributed by atoms with Crippen molar-refractivity contribution in [2.75, 3.05) is 12.8 Å². The standard InChI is InChI=1S/C15H13Br2N3O/c1-8-3-4-11-13(5-8)20(15(18)19-11)12-7-14(21-2)10(17)6-9(12)16/h3-7H,1-2H3,(H2,18,19). The first-order chi connectivity index (χ1) is 10.0. The molecule has 0 spiro atoms. The van der Waals surface area contributed by atoms with Crippen molar-refractivity contribution in [1.29, 1.82) is 0 Å². The zero-order valence-electron chi connectivity index (χ0n) is 11.5. The van der Waals surface area contributed by atoms with E-state index in [1.807, 2.05) is 35.8 Å². The van der Waals surface area contributed by atoms with E-state index in [2.05, 4.69) is 42.9 Å². The van der Waals surface area contributed by atoms with Gasteiger partial charge in [-0.25, -0.2) is 4.98 Å². The minimum absolute atomic E-state index is 0.445. The average molecular weight is 411 g/mol. The van der Waals surface area contributed by atoms with Gasteiger partial charge in [-0.05, 0) is 62.5 Å². The lowest BCUT2D eigenvalue weighted by Gasteiger charge is -2.12. The molecule has 6 heteroatoms. The summed E-state index contributed by atoms with van der Waals surface area (Å²) in [5.74, 6) is 1.18. The van der Waals surface area contributed by atoms with Crippen molar-refractivity contribution in [3.05, 3.63) is 44.8 Å². The van der Waals surface area contributed by atoms with Crippen LogP contribution in [-0.2, 0) is 0 Å². The van der Waals surface area contributed by atoms with Crippen LogP contribution in [0.1, 0.15) is 5.56 Å². The van der Waals surface area contributed by atoms with Gasteiger partial charge in [-0.1, -0.05) is 6.07 Å². The Balaban J connectivity index is 2.34. The van der Waals surface area contributed by atoms with E-state index >= 15 is 0 Å². The number of anilines is 1. The lowest BCUT2D eigenvalue weighted by Crippen LogP contribution is -2.02. The molecule has 108 valence electrons. The summed E-state index contributed by atoms with van der Waals surface area (Å²) in [6, 6.07) is 9.93. The molecule has 0 saturated heterocycles. The smallest absolute Gasteiger partial charge is 0.205 e. The molecule has 0 atom stereocenters. The van der Waals surface area contributed by atoms with Crippen molar-refractivity contribution in [2.45, 2.75) is 6.92 Å². The van der Waals surface area contributed by atoms with Crippen molar-refractivity contribution in [3.8, 4) is 11.4 Å². The second-order valence-corrected chi connectivity index (χ2v) is 6.44. The number of imidazole rings is 1. The van der Waals surface area contributed by atoms with Gasteiger partial charge in [0.15, 0.2) is 0 Å². The van der Waals surface area contributed by atoms with Gasteiger partial charge < -0.3 is 10.5 Å². The molecule has 0 aliphatic carbocycles. The molecule has 4 nitrogen and oxygen atoms in total. The van der Waals surface area contributed by atoms with Gasteiger partial charge in [0, 0.05) is 10.5 Å². The third kappa shape index (κ3) is 2.42. The summed E-state index contributed by atoms with van der Waals surface area (Å²) in [4.78, 5) is 4.42. The van der Waals surface area contributed by atoms with E-state index < -0.39 is 0 Å². The zero-order valence-corrected chi connectivity index (χ0v) is 14.7. The number of benzene rings is 2. The first kappa shape index (κ1) is 14.4. The molecular formula is C15H13Br2N3O. The Bertz CT molecular complexity index is 843. The summed E-state index contributed by atoms with van der Waals surface area (Å²) in [6.07, 6.45) is 0. The monoisotopic (exact) mass is 409 g/mol. The first-order valence-electron chi connectivity index (χ1n) is 6.29. The minimum Gasteiger partial charge on any atom is -0.495 e. The van der Waals surface area contributed by atoms with E-state index in [0.29, 0.717) is 5.95 Å². The molecule has 0 aliphatic heterocycles. The minimum atomic E-state index is 0.445. The maximum absolute atomic E-state index is 6.11. The van der Waals surface area contributed by atoms with Crippen LogP contribution in [0.2, 0.25) is 0 Å². The average Bonchev–Trinajstić information content (AvgIpc) is 2.75. The van der Waals surface area contributed by atoms with E-state index in [0.717, 1.165) is 37.0 Å². The zero-order chi connectivity index (χ0) is 15.1. The lowest BCUT2D eigenvalue weighted by atomic mass is 10.2. The SMILES string of the molecule is COc1cc(-n2c(N)nc3ccc(C)cc32)c(Br)cc1Br. The highest BCUT2D eigenvalue weighted by Crippen LogP contribution is 2.36. The maximum Gasteiger partial charge on any atom is 0.205 e. The van der Waals surface area contributed by atoms with Crippen molar-refractivity contribution >= 4 is 48.8 Å². The fraction of sp³-hybridized carbons (Fsp3) is 0.133. The Labute approximate surface area is 139 Å². The van der Waals surface area contributed by atoms with Gasteiger partial charge in [-0.15, -0.1) is 0 Å². The Morgan fingerprint density at radius 2 is 1.90 bits per heavy atom. The Kier molecular flexibility index (Phi) is 3.67. The highest BCUT2D eigenvalue weighted by Gasteiger charge is 2.15. The normalized spacial score (nSPS) is 11.0. The summed E-state index contributed by atoms with van der Waals surface area (Å²) in [5, 5.41) is 0. The highest BCUT2D eigenvalue weighted by molar-refractivity contribution is 9.11. The molecule has 21 heavy (non-hydrogen) atoms. The number of hydrogen-bond acceptors (Lipinski definition) is 3. The number of rotatable bonds is 2. The number of nitrogens with zero attached hydrogens (tertiary/aromatic N) is 2. The molecule has 1 heterocycles. The van der Waals surface area contributed by atoms with Gasteiger partial charge in [0.2, 0.25) is 5.95 Å². The summed E-state index contributed by atoms with van der Waals surface area (Å²) in [6.45, 7) is 2.05. The molecule has 0 bridgehead atoms. The third-order valence-corrected chi connectivity index (χ3v) is 4.55. The summed E-state index contributed by atoms with van der Waals surface area (Å²) >= 11 is 7.05. The predicted molar refractivity (Wildman–Crippen MR) is 92.2 cm³/mol. The number of aryl methyl sites for hydroxylation is 1. The van der Waals surface area contributed by atoms with Crippen LogP contribution < -0.4 is 10.5 Å².